The lowest BCUT2D eigenvalue weighted by Crippen LogP contribution is -2.36. The summed E-state index contributed by atoms with van der Waals surface area (Å²) >= 11 is 12.5. The number of hydrogen-bond donors (Lipinski definition) is 3. The third kappa shape index (κ3) is 6.00. The number of carbonyl (C=O) groups excluding carboxylic acids is 1. The van der Waals surface area contributed by atoms with E-state index in [1.165, 1.54) is 21.7 Å². The van der Waals surface area contributed by atoms with E-state index in [9.17, 15) is 10.1 Å². The van der Waals surface area contributed by atoms with E-state index >= 15 is 0 Å². The number of hydrogen-bond acceptors (Lipinski definition) is 8. The van der Waals surface area contributed by atoms with Crippen LogP contribution in [0.25, 0.3) is 11.0 Å². The summed E-state index contributed by atoms with van der Waals surface area (Å²) in [5, 5.41) is 32.7. The minimum Gasteiger partial charge on any atom is -0.453 e. The first-order valence-electron chi connectivity index (χ1n) is 11.4. The molecule has 13 heteroatoms. The number of carbonyl (C=O) groups is 1. The number of urea groups is 1. The van der Waals surface area contributed by atoms with Crippen molar-refractivity contribution in [1.82, 2.24) is 30.2 Å². The number of pyridine rings is 1. The van der Waals surface area contributed by atoms with Crippen LogP contribution < -0.4 is 15.4 Å². The van der Waals surface area contributed by atoms with Crippen molar-refractivity contribution in [2.45, 2.75) is 6.54 Å². The van der Waals surface area contributed by atoms with Crippen molar-refractivity contribution in [3.05, 3.63) is 69.8 Å². The van der Waals surface area contributed by atoms with Gasteiger partial charge in [-0.1, -0.05) is 28.4 Å². The molecule has 0 atom stereocenters. The first-order valence-corrected chi connectivity index (χ1v) is 12.2. The predicted molar refractivity (Wildman–Crippen MR) is 145 cm³/mol. The topological polar surface area (TPSA) is 145 Å². The van der Waals surface area contributed by atoms with Gasteiger partial charge in [-0.05, 0) is 49.5 Å². The third-order valence-corrected chi connectivity index (χ3v) is 6.04. The zero-order valence-electron chi connectivity index (χ0n) is 20.5. The number of nitriles is 1. The number of fused-ring (bicyclic) bond motifs is 1. The van der Waals surface area contributed by atoms with Gasteiger partial charge in [0, 0.05) is 36.9 Å². The molecule has 2 aromatic carbocycles. The average Bonchev–Trinajstić information content (AvgIpc) is 3.31. The fraction of sp³-hybridized carbons (Fsp3) is 0.200. The first kappa shape index (κ1) is 26.8. The molecule has 0 aliphatic carbocycles. The summed E-state index contributed by atoms with van der Waals surface area (Å²) in [4.78, 5) is 18.3. The van der Waals surface area contributed by atoms with Gasteiger partial charge in [0.2, 0.25) is 0 Å². The van der Waals surface area contributed by atoms with Crippen molar-refractivity contribution in [3.8, 4) is 17.6 Å². The Bertz CT molecular complexity index is 1550. The lowest BCUT2D eigenvalue weighted by molar-refractivity contribution is 0.222. The van der Waals surface area contributed by atoms with Crippen LogP contribution in [-0.4, -0.2) is 63.8 Å². The van der Waals surface area contributed by atoms with E-state index in [-0.39, 0.29) is 34.9 Å². The molecule has 194 valence electrons. The van der Waals surface area contributed by atoms with Crippen LogP contribution in [0.5, 0.6) is 11.5 Å². The highest BCUT2D eigenvalue weighted by atomic mass is 35.5. The van der Waals surface area contributed by atoms with E-state index in [1.807, 2.05) is 13.1 Å². The molecule has 3 N–H and O–H groups in total. The quantitative estimate of drug-likeness (QED) is 0.258. The molecular formula is C25H23Cl2N9O2. The number of anilines is 1. The Kier molecular flexibility index (Phi) is 8.38. The van der Waals surface area contributed by atoms with E-state index < -0.39 is 0 Å². The monoisotopic (exact) mass is 551 g/mol. The fourth-order valence-electron chi connectivity index (χ4n) is 3.57. The second kappa shape index (κ2) is 11.9. The maximum absolute atomic E-state index is 12.6. The molecule has 0 fully saturated rings. The molecule has 2 aromatic heterocycles. The van der Waals surface area contributed by atoms with Gasteiger partial charge in [-0.25, -0.2) is 14.5 Å². The van der Waals surface area contributed by atoms with Crippen LogP contribution in [0.4, 0.5) is 10.6 Å². The Labute approximate surface area is 228 Å². The number of likely N-dealkylation sites (N-methyl/N-ethyl adjacent to an activating group) is 2. The minimum atomic E-state index is -0.337. The predicted octanol–water partition coefficient (Wildman–Crippen LogP) is 4.55. The second-order valence-electron chi connectivity index (χ2n) is 8.21. The van der Waals surface area contributed by atoms with Crippen LogP contribution in [0.1, 0.15) is 11.1 Å². The molecule has 0 saturated heterocycles. The molecule has 0 radical (unpaired) electrons. The Hall–Kier alpha value is -4.24. The van der Waals surface area contributed by atoms with Gasteiger partial charge in [-0.15, -0.1) is 5.10 Å². The van der Waals surface area contributed by atoms with Crippen LogP contribution in [0, 0.1) is 16.7 Å². The maximum Gasteiger partial charge on any atom is 0.322 e. The van der Waals surface area contributed by atoms with Crippen LogP contribution in [0.3, 0.4) is 0 Å². The first-order chi connectivity index (χ1) is 18.3. The summed E-state index contributed by atoms with van der Waals surface area (Å²) in [6.07, 6.45) is 1.55. The lowest BCUT2D eigenvalue weighted by atomic mass is 10.1. The average molecular weight is 552 g/mol. The molecular weight excluding hydrogens is 529 g/mol. The number of nitrogens with zero attached hydrogens (tertiary/aromatic N) is 6. The van der Waals surface area contributed by atoms with Crippen molar-refractivity contribution >= 4 is 51.8 Å². The number of benzene rings is 2. The van der Waals surface area contributed by atoms with E-state index in [0.717, 1.165) is 0 Å². The third-order valence-electron chi connectivity index (χ3n) is 5.52. The number of aromatic nitrogens is 4. The number of amides is 2. The van der Waals surface area contributed by atoms with Gasteiger partial charge in [0.05, 0.1) is 34.4 Å². The molecule has 0 bridgehead atoms. The Morgan fingerprint density at radius 2 is 2.08 bits per heavy atom. The minimum absolute atomic E-state index is 0.0392. The molecule has 11 nitrogen and oxygen atoms in total. The van der Waals surface area contributed by atoms with Crippen LogP contribution in [0.15, 0.2) is 48.7 Å². The molecule has 0 aliphatic heterocycles. The van der Waals surface area contributed by atoms with Crippen molar-refractivity contribution in [1.29, 1.82) is 10.7 Å². The number of ether oxygens (including phenoxy) is 1. The summed E-state index contributed by atoms with van der Waals surface area (Å²) < 4.78 is 7.48. The zero-order valence-corrected chi connectivity index (χ0v) is 22.0. The summed E-state index contributed by atoms with van der Waals surface area (Å²) in [5.74, 6) is 0.831. The number of halogens is 2. The van der Waals surface area contributed by atoms with Gasteiger partial charge < -0.3 is 20.4 Å². The maximum atomic E-state index is 12.6. The smallest absolute Gasteiger partial charge is 0.322 e. The Balaban J connectivity index is 1.59. The summed E-state index contributed by atoms with van der Waals surface area (Å²) in [5.41, 5.74) is 1.87. The fourth-order valence-corrected chi connectivity index (χ4v) is 3.98. The van der Waals surface area contributed by atoms with Crippen molar-refractivity contribution in [2.24, 2.45) is 0 Å². The van der Waals surface area contributed by atoms with Gasteiger partial charge in [0.1, 0.15) is 11.6 Å². The van der Waals surface area contributed by atoms with Gasteiger partial charge in [-0.2, -0.15) is 5.26 Å². The molecule has 0 unspecified atom stereocenters. The molecule has 4 aromatic rings. The van der Waals surface area contributed by atoms with Gasteiger partial charge in [-0.3, -0.25) is 5.32 Å². The summed E-state index contributed by atoms with van der Waals surface area (Å²) in [7, 11) is 3.49. The van der Waals surface area contributed by atoms with Gasteiger partial charge >= 0.3 is 6.03 Å². The Morgan fingerprint density at radius 3 is 2.84 bits per heavy atom. The molecule has 0 spiro atoms. The molecule has 0 saturated carbocycles. The van der Waals surface area contributed by atoms with E-state index in [4.69, 9.17) is 33.3 Å². The van der Waals surface area contributed by atoms with Crippen molar-refractivity contribution < 1.29 is 9.53 Å². The van der Waals surface area contributed by atoms with Gasteiger partial charge in [0.15, 0.2) is 11.3 Å². The largest absolute Gasteiger partial charge is 0.453 e. The summed E-state index contributed by atoms with van der Waals surface area (Å²) in [6.45, 7) is 1.19. The molecule has 2 amide bonds. The van der Waals surface area contributed by atoms with E-state index in [2.05, 4.69) is 25.9 Å². The van der Waals surface area contributed by atoms with Gasteiger partial charge in [0.25, 0.3) is 0 Å². The highest BCUT2D eigenvalue weighted by Crippen LogP contribution is 2.36. The normalized spacial score (nSPS) is 10.7. The van der Waals surface area contributed by atoms with Crippen LogP contribution >= 0.6 is 23.2 Å². The molecule has 38 heavy (non-hydrogen) atoms. The van der Waals surface area contributed by atoms with Crippen LogP contribution in [-0.2, 0) is 6.54 Å². The standard InChI is InChI=1S/C25H23Cl2N9O2/c1-30-8-9-35(2)25(37)32-24-18(4-3-7-31-24)20(29)14-36-21-6-5-19(27)23(22(21)33-34-36)38-17-11-15(13-28)10-16(26)12-17/h3-7,10-12,29-30H,8-9,14H2,1-2H3,(H,31,32,37). The molecule has 2 heterocycles. The molecule has 4 rings (SSSR count). The highest BCUT2D eigenvalue weighted by molar-refractivity contribution is 6.33. The van der Waals surface area contributed by atoms with E-state index in [1.54, 1.807) is 43.6 Å². The number of rotatable bonds is 9. The lowest BCUT2D eigenvalue weighted by Gasteiger charge is -2.18. The van der Waals surface area contributed by atoms with Crippen LogP contribution in [0.2, 0.25) is 10.0 Å². The SMILES string of the molecule is CNCCN(C)C(=O)Nc1ncccc1C(=N)Cn1nnc2c(Oc3cc(Cl)cc(C#N)c3)c(Cl)ccc21. The molecule has 0 aliphatic rings. The van der Waals surface area contributed by atoms with Crippen molar-refractivity contribution in [2.75, 3.05) is 32.5 Å². The van der Waals surface area contributed by atoms with Crippen molar-refractivity contribution in [3.63, 3.8) is 0 Å². The Morgan fingerprint density at radius 1 is 1.26 bits per heavy atom. The second-order valence-corrected chi connectivity index (χ2v) is 9.06. The highest BCUT2D eigenvalue weighted by Gasteiger charge is 2.19. The van der Waals surface area contributed by atoms with E-state index in [0.29, 0.717) is 46.0 Å². The summed E-state index contributed by atoms with van der Waals surface area (Å²) in [6, 6.07) is 13.1. The zero-order chi connectivity index (χ0) is 27.2. The number of nitrogens with one attached hydrogen (secondary N) is 3.